The molecule has 1 nitrogen and oxygen atoms in total. The molecular formula is C9H16O. The Labute approximate surface area is 62.8 Å². The quantitative estimate of drug-likeness (QED) is 0.546. The summed E-state index contributed by atoms with van der Waals surface area (Å²) in [6, 6.07) is 0. The molecule has 0 saturated heterocycles. The minimum Gasteiger partial charge on any atom is -0.299 e. The molecule has 0 amide bonds. The molecule has 1 aliphatic rings. The van der Waals surface area contributed by atoms with Crippen LogP contribution in [0.4, 0.5) is 0 Å². The average Bonchev–Trinajstić information content (AvgIpc) is 1.95. The van der Waals surface area contributed by atoms with Crippen molar-refractivity contribution in [3.8, 4) is 0 Å². The molecule has 0 heterocycles. The Morgan fingerprint density at radius 1 is 1.60 bits per heavy atom. The largest absolute Gasteiger partial charge is 0.299 e. The standard InChI is InChI=1S/C9H16O/c1-3-8-5-4-6-9(10)7(8)2/h7-8H,3-6H2,1-2H3. The number of carbonyl (C=O) groups excluding carboxylic acids is 1. The lowest BCUT2D eigenvalue weighted by molar-refractivity contribution is -0.126. The molecule has 2 atom stereocenters. The summed E-state index contributed by atoms with van der Waals surface area (Å²) in [5.41, 5.74) is 0. The summed E-state index contributed by atoms with van der Waals surface area (Å²) in [5.74, 6) is 1.51. The maximum Gasteiger partial charge on any atom is 0.135 e. The van der Waals surface area contributed by atoms with E-state index < -0.39 is 0 Å². The van der Waals surface area contributed by atoms with Gasteiger partial charge in [0, 0.05) is 12.3 Å². The molecular weight excluding hydrogens is 124 g/mol. The summed E-state index contributed by atoms with van der Waals surface area (Å²) in [4.78, 5) is 11.2. The molecule has 1 aliphatic carbocycles. The van der Waals surface area contributed by atoms with Crippen LogP contribution in [0.15, 0.2) is 0 Å². The minimum absolute atomic E-state index is 0.346. The Kier molecular flexibility index (Phi) is 2.47. The van der Waals surface area contributed by atoms with Crippen LogP contribution < -0.4 is 0 Å². The molecule has 58 valence electrons. The van der Waals surface area contributed by atoms with Crippen LogP contribution in [0.5, 0.6) is 0 Å². The van der Waals surface area contributed by atoms with Crippen molar-refractivity contribution in [3.63, 3.8) is 0 Å². The van der Waals surface area contributed by atoms with Gasteiger partial charge in [-0.1, -0.05) is 20.3 Å². The van der Waals surface area contributed by atoms with E-state index in [1.54, 1.807) is 0 Å². The van der Waals surface area contributed by atoms with Crippen LogP contribution in [0.3, 0.4) is 0 Å². The van der Waals surface area contributed by atoms with Crippen LogP contribution in [0, 0.1) is 11.8 Å². The fraction of sp³-hybridized carbons (Fsp3) is 0.889. The number of Topliss-reactive ketones (excluding diaryl/α,β-unsaturated/α-hetero) is 1. The summed E-state index contributed by atoms with van der Waals surface area (Å²) in [6.07, 6.45) is 4.40. The molecule has 0 radical (unpaired) electrons. The lowest BCUT2D eigenvalue weighted by atomic mass is 9.78. The Balaban J connectivity index is 2.51. The van der Waals surface area contributed by atoms with Gasteiger partial charge in [-0.15, -0.1) is 0 Å². The highest BCUT2D eigenvalue weighted by Crippen LogP contribution is 2.28. The maximum absolute atomic E-state index is 11.2. The predicted molar refractivity (Wildman–Crippen MR) is 41.8 cm³/mol. The third-order valence-corrected chi connectivity index (χ3v) is 2.74. The first-order valence-corrected chi connectivity index (χ1v) is 4.28. The van der Waals surface area contributed by atoms with Gasteiger partial charge in [0.25, 0.3) is 0 Å². The summed E-state index contributed by atoms with van der Waals surface area (Å²) >= 11 is 0. The molecule has 0 aromatic heterocycles. The number of carbonyl (C=O) groups is 1. The monoisotopic (exact) mass is 140 g/mol. The van der Waals surface area contributed by atoms with Crippen molar-refractivity contribution in [3.05, 3.63) is 0 Å². The van der Waals surface area contributed by atoms with Gasteiger partial charge < -0.3 is 0 Å². The highest BCUT2D eigenvalue weighted by molar-refractivity contribution is 5.81. The van der Waals surface area contributed by atoms with Gasteiger partial charge in [-0.2, -0.15) is 0 Å². The maximum atomic E-state index is 11.2. The Morgan fingerprint density at radius 2 is 2.30 bits per heavy atom. The van der Waals surface area contributed by atoms with E-state index in [-0.39, 0.29) is 0 Å². The van der Waals surface area contributed by atoms with E-state index in [1.165, 1.54) is 12.8 Å². The van der Waals surface area contributed by atoms with Gasteiger partial charge in [-0.05, 0) is 18.8 Å². The van der Waals surface area contributed by atoms with Gasteiger partial charge in [0.1, 0.15) is 5.78 Å². The van der Waals surface area contributed by atoms with Crippen molar-refractivity contribution in [2.45, 2.75) is 39.5 Å². The highest BCUT2D eigenvalue weighted by Gasteiger charge is 2.25. The molecule has 2 unspecified atom stereocenters. The number of hydrogen-bond donors (Lipinski definition) is 0. The molecule has 0 N–H and O–H groups in total. The van der Waals surface area contributed by atoms with E-state index in [0.29, 0.717) is 17.6 Å². The molecule has 1 heteroatoms. The van der Waals surface area contributed by atoms with Crippen molar-refractivity contribution in [2.24, 2.45) is 11.8 Å². The number of ketones is 1. The molecule has 1 rings (SSSR count). The van der Waals surface area contributed by atoms with Crippen LogP contribution in [-0.4, -0.2) is 5.78 Å². The first-order chi connectivity index (χ1) is 4.75. The summed E-state index contributed by atoms with van der Waals surface area (Å²) in [5, 5.41) is 0. The zero-order valence-corrected chi connectivity index (χ0v) is 6.89. The van der Waals surface area contributed by atoms with Crippen molar-refractivity contribution in [1.29, 1.82) is 0 Å². The fourth-order valence-corrected chi connectivity index (χ4v) is 1.84. The van der Waals surface area contributed by atoms with Gasteiger partial charge in [0.15, 0.2) is 0 Å². The third-order valence-electron chi connectivity index (χ3n) is 2.74. The SMILES string of the molecule is CCC1CCCC(=O)C1C. The predicted octanol–water partition coefficient (Wildman–Crippen LogP) is 2.40. The van der Waals surface area contributed by atoms with Crippen molar-refractivity contribution < 1.29 is 4.79 Å². The van der Waals surface area contributed by atoms with Crippen LogP contribution in [0.25, 0.3) is 0 Å². The van der Waals surface area contributed by atoms with Gasteiger partial charge in [-0.25, -0.2) is 0 Å². The first-order valence-electron chi connectivity index (χ1n) is 4.28. The van der Waals surface area contributed by atoms with E-state index in [4.69, 9.17) is 0 Å². The minimum atomic E-state index is 0.346. The summed E-state index contributed by atoms with van der Waals surface area (Å²) in [6.45, 7) is 4.26. The van der Waals surface area contributed by atoms with E-state index in [2.05, 4.69) is 13.8 Å². The van der Waals surface area contributed by atoms with Gasteiger partial charge >= 0.3 is 0 Å². The van der Waals surface area contributed by atoms with Crippen molar-refractivity contribution in [2.75, 3.05) is 0 Å². The molecule has 0 spiro atoms. The smallest absolute Gasteiger partial charge is 0.135 e. The number of rotatable bonds is 1. The molecule has 1 fully saturated rings. The van der Waals surface area contributed by atoms with E-state index in [9.17, 15) is 4.79 Å². The topological polar surface area (TPSA) is 17.1 Å². The van der Waals surface area contributed by atoms with Crippen LogP contribution in [0.1, 0.15) is 39.5 Å². The highest BCUT2D eigenvalue weighted by atomic mass is 16.1. The van der Waals surface area contributed by atoms with Gasteiger partial charge in [0.2, 0.25) is 0 Å². The first kappa shape index (κ1) is 7.77. The number of hydrogen-bond acceptors (Lipinski definition) is 1. The van der Waals surface area contributed by atoms with Crippen LogP contribution in [0.2, 0.25) is 0 Å². The average molecular weight is 140 g/mol. The van der Waals surface area contributed by atoms with E-state index in [0.717, 1.165) is 12.8 Å². The van der Waals surface area contributed by atoms with Gasteiger partial charge in [-0.3, -0.25) is 4.79 Å². The second kappa shape index (κ2) is 3.18. The normalized spacial score (nSPS) is 34.4. The Bertz CT molecular complexity index is 129. The zero-order chi connectivity index (χ0) is 7.56. The Hall–Kier alpha value is -0.330. The summed E-state index contributed by atoms with van der Waals surface area (Å²) in [7, 11) is 0. The van der Waals surface area contributed by atoms with Crippen LogP contribution in [-0.2, 0) is 4.79 Å². The second-order valence-electron chi connectivity index (χ2n) is 3.32. The molecule has 0 aromatic carbocycles. The Morgan fingerprint density at radius 3 is 2.80 bits per heavy atom. The fourth-order valence-electron chi connectivity index (χ4n) is 1.84. The molecule has 0 aromatic rings. The van der Waals surface area contributed by atoms with Crippen molar-refractivity contribution in [1.82, 2.24) is 0 Å². The van der Waals surface area contributed by atoms with Gasteiger partial charge in [0.05, 0.1) is 0 Å². The van der Waals surface area contributed by atoms with Crippen LogP contribution >= 0.6 is 0 Å². The zero-order valence-electron chi connectivity index (χ0n) is 6.89. The molecule has 1 saturated carbocycles. The lowest BCUT2D eigenvalue weighted by Crippen LogP contribution is -2.25. The summed E-state index contributed by atoms with van der Waals surface area (Å²) < 4.78 is 0. The molecule has 10 heavy (non-hydrogen) atoms. The lowest BCUT2D eigenvalue weighted by Gasteiger charge is -2.26. The van der Waals surface area contributed by atoms with Crippen molar-refractivity contribution >= 4 is 5.78 Å². The molecule has 0 bridgehead atoms. The second-order valence-corrected chi connectivity index (χ2v) is 3.32. The third kappa shape index (κ3) is 1.39. The molecule has 0 aliphatic heterocycles. The van der Waals surface area contributed by atoms with E-state index in [1.807, 2.05) is 0 Å². The van der Waals surface area contributed by atoms with E-state index >= 15 is 0 Å².